The molecule has 1 aromatic carbocycles. The van der Waals surface area contributed by atoms with Gasteiger partial charge in [-0.3, -0.25) is 0 Å². The molecule has 0 aliphatic rings. The maximum atomic E-state index is 6.19. The molecule has 4 heteroatoms. The van der Waals surface area contributed by atoms with Gasteiger partial charge in [0.2, 0.25) is 0 Å². The van der Waals surface area contributed by atoms with Gasteiger partial charge in [0.05, 0.1) is 18.0 Å². The molecule has 1 unspecified atom stereocenters. The lowest BCUT2D eigenvalue weighted by Gasteiger charge is -2.18. The van der Waals surface area contributed by atoms with E-state index in [9.17, 15) is 0 Å². The molecule has 0 aliphatic heterocycles. The summed E-state index contributed by atoms with van der Waals surface area (Å²) in [5.74, 6) is 0.765. The highest BCUT2D eigenvalue weighted by atomic mass is 32.1. The van der Waals surface area contributed by atoms with Crippen molar-refractivity contribution >= 4 is 22.7 Å². The molecule has 0 aliphatic carbocycles. The van der Waals surface area contributed by atoms with E-state index in [0.717, 1.165) is 24.3 Å². The first-order valence-electron chi connectivity index (χ1n) is 7.43. The zero-order valence-corrected chi connectivity index (χ0v) is 13.8. The molecule has 0 fully saturated rings. The molecular weight excluding hydrogens is 280 g/mol. The van der Waals surface area contributed by atoms with Crippen molar-refractivity contribution in [3.8, 4) is 5.75 Å². The van der Waals surface area contributed by atoms with Crippen LogP contribution in [0.1, 0.15) is 30.0 Å². The SMILES string of the molecule is CCCOc1cccc(NC(C)Cc2ccc(C)s2)c1N. The lowest BCUT2D eigenvalue weighted by Crippen LogP contribution is -2.18. The van der Waals surface area contributed by atoms with Crippen molar-refractivity contribution in [3.63, 3.8) is 0 Å². The Labute approximate surface area is 131 Å². The van der Waals surface area contributed by atoms with Gasteiger partial charge in [-0.2, -0.15) is 0 Å². The first-order valence-corrected chi connectivity index (χ1v) is 8.25. The Morgan fingerprint density at radius 2 is 2.10 bits per heavy atom. The van der Waals surface area contributed by atoms with Crippen LogP contribution < -0.4 is 15.8 Å². The van der Waals surface area contributed by atoms with E-state index in [1.54, 1.807) is 0 Å². The Bertz CT molecular complexity index is 580. The Balaban J connectivity index is 2.01. The fraction of sp³-hybridized carbons (Fsp3) is 0.412. The van der Waals surface area contributed by atoms with Crippen molar-refractivity contribution in [2.45, 2.75) is 39.7 Å². The van der Waals surface area contributed by atoms with Gasteiger partial charge in [-0.05, 0) is 44.5 Å². The van der Waals surface area contributed by atoms with Gasteiger partial charge in [0, 0.05) is 22.2 Å². The predicted octanol–water partition coefficient (Wildman–Crippen LogP) is 4.47. The van der Waals surface area contributed by atoms with Gasteiger partial charge in [0.15, 0.2) is 0 Å². The average molecular weight is 304 g/mol. The zero-order valence-electron chi connectivity index (χ0n) is 13.0. The third-order valence-electron chi connectivity index (χ3n) is 3.23. The number of thiophene rings is 1. The van der Waals surface area contributed by atoms with E-state index in [1.807, 2.05) is 29.5 Å². The topological polar surface area (TPSA) is 47.3 Å². The number of benzene rings is 1. The molecule has 3 nitrogen and oxygen atoms in total. The molecule has 3 N–H and O–H groups in total. The quantitative estimate of drug-likeness (QED) is 0.742. The maximum Gasteiger partial charge on any atom is 0.144 e. The van der Waals surface area contributed by atoms with E-state index in [0.29, 0.717) is 18.3 Å². The summed E-state index contributed by atoms with van der Waals surface area (Å²) >= 11 is 1.85. The number of hydrogen-bond donors (Lipinski definition) is 2. The van der Waals surface area contributed by atoms with Gasteiger partial charge in [0.1, 0.15) is 5.75 Å². The zero-order chi connectivity index (χ0) is 15.2. The summed E-state index contributed by atoms with van der Waals surface area (Å²) in [5.41, 5.74) is 7.83. The Morgan fingerprint density at radius 3 is 2.76 bits per heavy atom. The maximum absolute atomic E-state index is 6.19. The molecule has 0 saturated carbocycles. The summed E-state index contributed by atoms with van der Waals surface area (Å²) < 4.78 is 5.67. The second kappa shape index (κ2) is 7.36. The highest BCUT2D eigenvalue weighted by Gasteiger charge is 2.10. The minimum absolute atomic E-state index is 0.326. The molecule has 1 aromatic heterocycles. The van der Waals surface area contributed by atoms with Crippen LogP contribution in [0.3, 0.4) is 0 Å². The van der Waals surface area contributed by atoms with Crippen LogP contribution in [-0.2, 0) is 6.42 Å². The van der Waals surface area contributed by atoms with Crippen LogP contribution in [0.15, 0.2) is 30.3 Å². The molecule has 0 saturated heterocycles. The van der Waals surface area contributed by atoms with Crippen LogP contribution in [0.2, 0.25) is 0 Å². The highest BCUT2D eigenvalue weighted by Crippen LogP contribution is 2.30. The van der Waals surface area contributed by atoms with Gasteiger partial charge in [-0.15, -0.1) is 11.3 Å². The molecular formula is C17H24N2OS. The highest BCUT2D eigenvalue weighted by molar-refractivity contribution is 7.11. The molecule has 0 spiro atoms. The van der Waals surface area contributed by atoms with Crippen LogP contribution in [0.4, 0.5) is 11.4 Å². The number of aryl methyl sites for hydroxylation is 1. The summed E-state index contributed by atoms with van der Waals surface area (Å²) in [7, 11) is 0. The predicted molar refractivity (Wildman–Crippen MR) is 92.5 cm³/mol. The van der Waals surface area contributed by atoms with E-state index in [4.69, 9.17) is 10.5 Å². The van der Waals surface area contributed by atoms with Gasteiger partial charge in [-0.1, -0.05) is 13.0 Å². The van der Waals surface area contributed by atoms with Crippen LogP contribution in [0, 0.1) is 6.92 Å². The largest absolute Gasteiger partial charge is 0.491 e. The minimum atomic E-state index is 0.326. The number of nitrogens with two attached hydrogens (primary N) is 1. The lowest BCUT2D eigenvalue weighted by molar-refractivity contribution is 0.319. The fourth-order valence-corrected chi connectivity index (χ4v) is 3.24. The number of nitrogen functional groups attached to an aromatic ring is 1. The van der Waals surface area contributed by atoms with E-state index in [2.05, 4.69) is 38.2 Å². The monoisotopic (exact) mass is 304 g/mol. The summed E-state index contributed by atoms with van der Waals surface area (Å²) in [6.07, 6.45) is 1.98. The van der Waals surface area contributed by atoms with Crippen LogP contribution >= 0.6 is 11.3 Å². The van der Waals surface area contributed by atoms with Gasteiger partial charge < -0.3 is 15.8 Å². The van der Waals surface area contributed by atoms with E-state index >= 15 is 0 Å². The van der Waals surface area contributed by atoms with Crippen molar-refractivity contribution in [2.24, 2.45) is 0 Å². The number of para-hydroxylation sites is 1. The third-order valence-corrected chi connectivity index (χ3v) is 4.26. The average Bonchev–Trinajstić information content (AvgIpc) is 2.85. The molecule has 0 bridgehead atoms. The summed E-state index contributed by atoms with van der Waals surface area (Å²) in [6.45, 7) is 7.09. The Morgan fingerprint density at radius 1 is 1.29 bits per heavy atom. The first-order chi connectivity index (χ1) is 10.1. The Kier molecular flexibility index (Phi) is 5.51. The van der Waals surface area contributed by atoms with Gasteiger partial charge in [0.25, 0.3) is 0 Å². The van der Waals surface area contributed by atoms with Crippen molar-refractivity contribution in [1.29, 1.82) is 0 Å². The second-order valence-electron chi connectivity index (χ2n) is 5.33. The standard InChI is InChI=1S/C17H24N2OS/c1-4-10-20-16-7-5-6-15(17(16)18)19-12(2)11-14-9-8-13(3)21-14/h5-9,12,19H,4,10-11,18H2,1-3H3. The van der Waals surface area contributed by atoms with Crippen molar-refractivity contribution in [3.05, 3.63) is 40.1 Å². The van der Waals surface area contributed by atoms with Crippen molar-refractivity contribution < 1.29 is 4.74 Å². The third kappa shape index (κ3) is 4.39. The fourth-order valence-electron chi connectivity index (χ4n) is 2.22. The van der Waals surface area contributed by atoms with Crippen molar-refractivity contribution in [1.82, 2.24) is 0 Å². The molecule has 1 heterocycles. The number of rotatable bonds is 7. The van der Waals surface area contributed by atoms with Crippen molar-refractivity contribution in [2.75, 3.05) is 17.7 Å². The lowest BCUT2D eigenvalue weighted by atomic mass is 10.1. The van der Waals surface area contributed by atoms with Crippen LogP contribution in [-0.4, -0.2) is 12.6 Å². The number of ether oxygens (including phenoxy) is 1. The molecule has 2 rings (SSSR count). The number of anilines is 2. The molecule has 0 radical (unpaired) electrons. The normalized spacial score (nSPS) is 12.1. The molecule has 0 amide bonds. The molecule has 21 heavy (non-hydrogen) atoms. The summed E-state index contributed by atoms with van der Waals surface area (Å²) in [6, 6.07) is 10.6. The van der Waals surface area contributed by atoms with Crippen LogP contribution in [0.25, 0.3) is 0 Å². The second-order valence-corrected chi connectivity index (χ2v) is 6.70. The van der Waals surface area contributed by atoms with E-state index < -0.39 is 0 Å². The summed E-state index contributed by atoms with van der Waals surface area (Å²) in [4.78, 5) is 2.75. The van der Waals surface area contributed by atoms with E-state index in [1.165, 1.54) is 9.75 Å². The van der Waals surface area contributed by atoms with E-state index in [-0.39, 0.29) is 0 Å². The van der Waals surface area contributed by atoms with Crippen LogP contribution in [0.5, 0.6) is 5.75 Å². The number of nitrogens with one attached hydrogen (secondary N) is 1. The first kappa shape index (κ1) is 15.7. The summed E-state index contributed by atoms with van der Waals surface area (Å²) in [5, 5.41) is 3.49. The molecule has 114 valence electrons. The van der Waals surface area contributed by atoms with Gasteiger partial charge >= 0.3 is 0 Å². The smallest absolute Gasteiger partial charge is 0.144 e. The number of hydrogen-bond acceptors (Lipinski definition) is 4. The van der Waals surface area contributed by atoms with Gasteiger partial charge in [-0.25, -0.2) is 0 Å². The Hall–Kier alpha value is -1.68. The minimum Gasteiger partial charge on any atom is -0.491 e. The molecule has 2 aromatic rings. The molecule has 1 atom stereocenters.